The fourth-order valence-electron chi connectivity index (χ4n) is 15.8. The van der Waals surface area contributed by atoms with Crippen LogP contribution in [0.4, 0.5) is 0 Å². The lowest BCUT2D eigenvalue weighted by molar-refractivity contribution is -0.373. The summed E-state index contributed by atoms with van der Waals surface area (Å²) in [6.45, 7) is 9.93. The molecule has 484 valence electrons. The van der Waals surface area contributed by atoms with Crippen LogP contribution in [-0.2, 0) is 66.4 Å². The Morgan fingerprint density at radius 1 is 0.724 bits per heavy atom. The van der Waals surface area contributed by atoms with Crippen molar-refractivity contribution in [3.63, 3.8) is 0 Å². The number of fused-ring (bicyclic) bond motifs is 5. The molecule has 0 spiro atoms. The maximum atomic E-state index is 14.0. The quantitative estimate of drug-likeness (QED) is 0.0604. The molecule has 87 heavy (non-hydrogen) atoms. The summed E-state index contributed by atoms with van der Waals surface area (Å²) in [5.41, 5.74) is -6.31. The average Bonchev–Trinajstić information content (AvgIpc) is 1.60. The minimum absolute atomic E-state index is 0.0348. The van der Waals surface area contributed by atoms with Gasteiger partial charge in [-0.1, -0.05) is 55.8 Å². The van der Waals surface area contributed by atoms with Crippen LogP contribution in [0.25, 0.3) is 6.08 Å². The van der Waals surface area contributed by atoms with E-state index in [2.05, 4.69) is 11.9 Å². The maximum Gasteiger partial charge on any atom is 0.340 e. The number of carbonyl (C=O) groups excluding carboxylic acids is 2. The summed E-state index contributed by atoms with van der Waals surface area (Å²) in [6, 6.07) is 12.4. The molecule has 8 aliphatic rings. The topological polar surface area (TPSA) is 329 Å². The molecule has 1 aromatic carbocycles. The van der Waals surface area contributed by atoms with Crippen LogP contribution in [0, 0.1) is 16.7 Å². The molecule has 1 aromatic heterocycles. The second-order valence-corrected chi connectivity index (χ2v) is 25.5. The number of aliphatic hydroxyl groups excluding tert-OH is 5. The summed E-state index contributed by atoms with van der Waals surface area (Å²) in [5, 5.41) is 92.3. The molecule has 0 amide bonds. The lowest BCUT2D eigenvalue weighted by atomic mass is 9.42. The zero-order chi connectivity index (χ0) is 62.5. The van der Waals surface area contributed by atoms with E-state index in [4.69, 9.17) is 61.6 Å². The van der Waals surface area contributed by atoms with Gasteiger partial charge >= 0.3 is 11.9 Å². The van der Waals surface area contributed by atoms with Gasteiger partial charge in [-0.15, -0.1) is 0 Å². The Morgan fingerprint density at radius 2 is 1.37 bits per heavy atom. The molecular formula is C63H89NO23. The van der Waals surface area contributed by atoms with Gasteiger partial charge in [0.05, 0.1) is 54.2 Å². The van der Waals surface area contributed by atoms with Crippen LogP contribution in [0.2, 0.25) is 0 Å². The monoisotopic (exact) mass is 1230 g/mol. The average molecular weight is 1230 g/mol. The van der Waals surface area contributed by atoms with Crippen LogP contribution in [-0.4, -0.2) is 231 Å². The molecule has 0 radical (unpaired) electrons. The van der Waals surface area contributed by atoms with Gasteiger partial charge in [-0.3, -0.25) is 4.98 Å². The Kier molecular flexibility index (Phi) is 20.0. The van der Waals surface area contributed by atoms with Crippen LogP contribution in [0.15, 0.2) is 72.6 Å². The smallest absolute Gasteiger partial charge is 0.340 e. The molecule has 4 aliphatic heterocycles. The molecule has 8 N–H and O–H groups in total. The van der Waals surface area contributed by atoms with Crippen LogP contribution in [0.5, 0.6) is 0 Å². The van der Waals surface area contributed by atoms with Crippen LogP contribution in [0.1, 0.15) is 115 Å². The third kappa shape index (κ3) is 12.0. The van der Waals surface area contributed by atoms with E-state index >= 15 is 0 Å². The molecule has 10 rings (SSSR count). The van der Waals surface area contributed by atoms with Crippen molar-refractivity contribution in [1.82, 2.24) is 4.98 Å². The van der Waals surface area contributed by atoms with E-state index in [9.17, 15) is 50.4 Å². The van der Waals surface area contributed by atoms with Crippen LogP contribution >= 0.6 is 0 Å². The SMILES string of the molecule is CO[C@@H]1[C@@H](O)[C@H](O[C@@H]2[C@@H](C)O[C@@H](O[C@H]3[C@@H](OC)C[C@H](O[C@H]4CC[C@@]5(C)C(=CC[C@]6(O)[C@@H]5C[C@@H](OC(=O)/C=C\c5ccccc5)[C@@]5(C)[C@]6(O)CC[C@@]5(O)[C@H](C)OC(=O)c5cccnc5)C4)O[C@@H]3C)C[C@H]2OC)O[C@H](C)[C@H]1O[C@@H]1O[C@H](CO)[C@@H](O)[C@H](O)[C@H]1O. The Balaban J connectivity index is 0.780. The third-order valence-corrected chi connectivity index (χ3v) is 20.9. The Hall–Kier alpha value is -3.97. The zero-order valence-electron chi connectivity index (χ0n) is 50.8. The van der Waals surface area contributed by atoms with Crippen LogP contribution in [0.3, 0.4) is 0 Å². The first-order valence-corrected chi connectivity index (χ1v) is 30.4. The number of carbonyl (C=O) groups is 2. The summed E-state index contributed by atoms with van der Waals surface area (Å²) >= 11 is 0. The minimum atomic E-state index is -2.03. The predicted molar refractivity (Wildman–Crippen MR) is 303 cm³/mol. The highest BCUT2D eigenvalue weighted by Crippen LogP contribution is 2.71. The molecule has 4 aliphatic carbocycles. The second kappa shape index (κ2) is 26.3. The summed E-state index contributed by atoms with van der Waals surface area (Å²) in [6.07, 6.45) is -11.3. The number of pyridine rings is 1. The number of methoxy groups -OCH3 is 3. The van der Waals surface area contributed by atoms with E-state index in [0.29, 0.717) is 25.7 Å². The lowest BCUT2D eigenvalue weighted by Gasteiger charge is -2.67. The van der Waals surface area contributed by atoms with Crippen molar-refractivity contribution in [3.8, 4) is 0 Å². The Labute approximate surface area is 506 Å². The molecule has 2 aromatic rings. The lowest BCUT2D eigenvalue weighted by Crippen LogP contribution is -2.78. The van der Waals surface area contributed by atoms with Crippen molar-refractivity contribution in [2.45, 2.75) is 245 Å². The second-order valence-electron chi connectivity index (χ2n) is 25.5. The Bertz CT molecular complexity index is 2730. The van der Waals surface area contributed by atoms with E-state index < -0.39 is 175 Å². The first kappa shape index (κ1) is 66.0. The molecule has 0 unspecified atom stereocenters. The largest absolute Gasteiger partial charge is 0.458 e. The van der Waals surface area contributed by atoms with E-state index in [-0.39, 0.29) is 43.8 Å². The van der Waals surface area contributed by atoms with Gasteiger partial charge in [0.25, 0.3) is 0 Å². The number of benzene rings is 1. The molecule has 7 fully saturated rings. The van der Waals surface area contributed by atoms with Crippen molar-refractivity contribution < 1.29 is 112 Å². The number of aromatic nitrogens is 1. The molecule has 4 saturated heterocycles. The highest BCUT2D eigenvalue weighted by molar-refractivity contribution is 5.89. The van der Waals surface area contributed by atoms with Gasteiger partial charge in [0.1, 0.15) is 83.9 Å². The maximum absolute atomic E-state index is 14.0. The minimum Gasteiger partial charge on any atom is -0.458 e. The molecule has 27 atom stereocenters. The van der Waals surface area contributed by atoms with Crippen molar-refractivity contribution >= 4 is 18.0 Å². The van der Waals surface area contributed by atoms with Gasteiger partial charge < -0.3 is 102 Å². The summed E-state index contributed by atoms with van der Waals surface area (Å²) < 4.78 is 80.5. The standard InChI is InChI=1S/C63H89NO23/c1-32-52(85-47-28-41(76-8)53(33(2)79-47)86-58-51(70)55(77-9)54(34(3)80-58)87-57-50(69)49(68)48(67)42(31-65)83-57)40(75-7)27-46(78-32)82-39-20-21-59(5)38(26-39)19-22-62(73)43(59)29-44(84-45(66)18-17-36-14-11-10-12-15-36)60(6)61(72,23-24-63(60,62)74)35(4)81-56(71)37-16-13-25-64-30-37/h10-19,25,30,32-35,39-44,46-55,57-58,65,67-70,72-74H,20-24,26-29,31H2,1-9H3/b18-17-/t32-,33-,34-,35+,39+,40+,41-,42-,43-,44-,46+,47+,48-,49+,50-,51-,52-,53-,54-,55-,57+,58+,59+,60-,61-,62+,63-/m1/s1. The Morgan fingerprint density at radius 3 is 2.01 bits per heavy atom. The molecule has 24 nitrogen and oxygen atoms in total. The van der Waals surface area contributed by atoms with Gasteiger partial charge in [-0.05, 0) is 102 Å². The van der Waals surface area contributed by atoms with Gasteiger partial charge in [-0.25, -0.2) is 9.59 Å². The molecular weight excluding hydrogens is 1140 g/mol. The number of nitrogens with zero attached hydrogens (tertiary/aromatic N) is 1. The number of rotatable bonds is 18. The molecule has 3 saturated carbocycles. The normalized spacial score (nSPS) is 45.9. The number of aliphatic hydroxyl groups is 8. The fraction of sp³-hybridized carbons (Fsp3) is 0.730. The first-order valence-electron chi connectivity index (χ1n) is 30.4. The van der Waals surface area contributed by atoms with Crippen molar-refractivity contribution in [1.29, 1.82) is 0 Å². The summed E-state index contributed by atoms with van der Waals surface area (Å²) in [5.74, 6) is -2.07. The number of esters is 2. The predicted octanol–water partition coefficient (Wildman–Crippen LogP) is 2.55. The highest BCUT2D eigenvalue weighted by atomic mass is 16.8. The number of hydrogen-bond acceptors (Lipinski definition) is 24. The van der Waals surface area contributed by atoms with E-state index in [1.165, 1.54) is 32.7 Å². The molecule has 24 heteroatoms. The van der Waals surface area contributed by atoms with Gasteiger partial charge in [-0.2, -0.15) is 0 Å². The number of hydrogen-bond donors (Lipinski definition) is 8. The van der Waals surface area contributed by atoms with E-state index in [1.54, 1.807) is 53.0 Å². The van der Waals surface area contributed by atoms with E-state index in [1.807, 2.05) is 43.3 Å². The third-order valence-electron chi connectivity index (χ3n) is 20.9. The van der Waals surface area contributed by atoms with Gasteiger partial charge in [0.15, 0.2) is 25.2 Å². The summed E-state index contributed by atoms with van der Waals surface area (Å²) in [4.78, 5) is 31.5. The first-order chi connectivity index (χ1) is 41.4. The van der Waals surface area contributed by atoms with Crippen molar-refractivity contribution in [3.05, 3.63) is 83.7 Å². The fourth-order valence-corrected chi connectivity index (χ4v) is 15.8. The van der Waals surface area contributed by atoms with Gasteiger partial charge in [0, 0.05) is 58.6 Å². The highest BCUT2D eigenvalue weighted by Gasteiger charge is 2.81. The van der Waals surface area contributed by atoms with Gasteiger partial charge in [0.2, 0.25) is 0 Å². The van der Waals surface area contributed by atoms with Crippen molar-refractivity contribution in [2.24, 2.45) is 16.7 Å². The van der Waals surface area contributed by atoms with E-state index in [0.717, 1.165) is 11.1 Å². The van der Waals surface area contributed by atoms with Crippen LogP contribution < -0.4 is 0 Å². The molecule has 0 bridgehead atoms. The molecule has 5 heterocycles. The summed E-state index contributed by atoms with van der Waals surface area (Å²) in [7, 11) is 4.48. The zero-order valence-corrected chi connectivity index (χ0v) is 50.8. The van der Waals surface area contributed by atoms with Crippen molar-refractivity contribution in [2.75, 3.05) is 27.9 Å². The number of ether oxygens (including phenoxy) is 13.